The molecule has 0 bridgehead atoms. The van der Waals surface area contributed by atoms with Crippen LogP contribution in [0.5, 0.6) is 0 Å². The number of amides is 1. The quantitative estimate of drug-likeness (QED) is 0.780. The van der Waals surface area contributed by atoms with E-state index in [1.54, 1.807) is 11.9 Å². The van der Waals surface area contributed by atoms with Crippen LogP contribution in [0.3, 0.4) is 0 Å². The van der Waals surface area contributed by atoms with Crippen molar-refractivity contribution in [1.29, 1.82) is 0 Å². The van der Waals surface area contributed by atoms with Crippen LogP contribution in [0.15, 0.2) is 0 Å². The van der Waals surface area contributed by atoms with E-state index in [0.717, 1.165) is 6.42 Å². The Balaban J connectivity index is 2.45. The van der Waals surface area contributed by atoms with Gasteiger partial charge in [0.25, 0.3) is 0 Å². The van der Waals surface area contributed by atoms with Gasteiger partial charge < -0.3 is 14.7 Å². The molecule has 5 heteroatoms. The summed E-state index contributed by atoms with van der Waals surface area (Å²) in [7, 11) is 1.71. The fourth-order valence-electron chi connectivity index (χ4n) is 2.37. The maximum absolute atomic E-state index is 12.1. The minimum Gasteiger partial charge on any atom is -0.481 e. The van der Waals surface area contributed by atoms with E-state index >= 15 is 0 Å². The normalized spacial score (nSPS) is 23.3. The van der Waals surface area contributed by atoms with Crippen molar-refractivity contribution >= 4 is 11.9 Å². The van der Waals surface area contributed by atoms with Gasteiger partial charge in [-0.1, -0.05) is 6.42 Å². The Morgan fingerprint density at radius 2 is 1.94 bits per heavy atom. The second-order valence-electron chi connectivity index (χ2n) is 5.16. The first-order chi connectivity index (χ1) is 8.43. The minimum atomic E-state index is -0.849. The van der Waals surface area contributed by atoms with Gasteiger partial charge in [-0.15, -0.1) is 0 Å². The predicted molar refractivity (Wildman–Crippen MR) is 67.2 cm³/mol. The fraction of sp³-hybridized carbons (Fsp3) is 0.846. The van der Waals surface area contributed by atoms with E-state index in [1.807, 2.05) is 13.8 Å². The molecule has 0 aliphatic heterocycles. The number of likely N-dealkylation sites (N-methyl/N-ethyl adjacent to an activating group) is 1. The van der Waals surface area contributed by atoms with Crippen LogP contribution in [-0.2, 0) is 14.3 Å². The second kappa shape index (κ2) is 6.73. The number of aliphatic carboxylic acids is 1. The van der Waals surface area contributed by atoms with E-state index in [0.29, 0.717) is 26.0 Å². The Kier molecular flexibility index (Phi) is 5.59. The molecule has 0 unspecified atom stereocenters. The number of rotatable bonds is 6. The van der Waals surface area contributed by atoms with Crippen molar-refractivity contribution in [2.75, 3.05) is 20.2 Å². The molecule has 0 spiro atoms. The Labute approximate surface area is 108 Å². The van der Waals surface area contributed by atoms with Crippen LogP contribution in [0.25, 0.3) is 0 Å². The molecular weight excluding hydrogens is 234 g/mol. The largest absolute Gasteiger partial charge is 0.481 e. The van der Waals surface area contributed by atoms with Crippen LogP contribution in [0.1, 0.15) is 33.1 Å². The summed E-state index contributed by atoms with van der Waals surface area (Å²) in [5, 5.41) is 9.07. The van der Waals surface area contributed by atoms with Gasteiger partial charge in [0.1, 0.15) is 0 Å². The number of hydrogen-bond acceptors (Lipinski definition) is 3. The molecule has 1 aliphatic rings. The summed E-state index contributed by atoms with van der Waals surface area (Å²) >= 11 is 0. The summed E-state index contributed by atoms with van der Waals surface area (Å²) in [5.41, 5.74) is 0. The first kappa shape index (κ1) is 15.0. The predicted octanol–water partition coefficient (Wildman–Crippen LogP) is 1.37. The van der Waals surface area contributed by atoms with Gasteiger partial charge in [0.15, 0.2) is 0 Å². The van der Waals surface area contributed by atoms with Crippen LogP contribution < -0.4 is 0 Å². The molecule has 104 valence electrons. The lowest BCUT2D eigenvalue weighted by Gasteiger charge is -2.23. The molecule has 18 heavy (non-hydrogen) atoms. The Morgan fingerprint density at radius 3 is 2.50 bits per heavy atom. The van der Waals surface area contributed by atoms with E-state index in [9.17, 15) is 9.59 Å². The van der Waals surface area contributed by atoms with Crippen molar-refractivity contribution in [3.63, 3.8) is 0 Å². The van der Waals surface area contributed by atoms with Gasteiger partial charge in [0, 0.05) is 13.6 Å². The van der Waals surface area contributed by atoms with Crippen LogP contribution in [0.2, 0.25) is 0 Å². The molecule has 0 aromatic rings. The number of carbonyl (C=O) groups excluding carboxylic acids is 1. The zero-order valence-corrected chi connectivity index (χ0v) is 11.4. The van der Waals surface area contributed by atoms with Gasteiger partial charge in [-0.2, -0.15) is 0 Å². The van der Waals surface area contributed by atoms with Gasteiger partial charge >= 0.3 is 5.97 Å². The Bertz CT molecular complexity index is 303. The van der Waals surface area contributed by atoms with Gasteiger partial charge in [-0.05, 0) is 26.7 Å². The van der Waals surface area contributed by atoms with E-state index in [4.69, 9.17) is 9.84 Å². The van der Waals surface area contributed by atoms with Crippen LogP contribution in [0, 0.1) is 11.8 Å². The Hall–Kier alpha value is -1.10. The lowest BCUT2D eigenvalue weighted by molar-refractivity contribution is -0.148. The molecule has 5 nitrogen and oxygen atoms in total. The maximum Gasteiger partial charge on any atom is 0.307 e. The molecule has 0 radical (unpaired) electrons. The van der Waals surface area contributed by atoms with E-state index in [-0.39, 0.29) is 17.9 Å². The number of carbonyl (C=O) groups is 2. The number of hydrogen-bond donors (Lipinski definition) is 1. The molecule has 0 heterocycles. The highest BCUT2D eigenvalue weighted by Crippen LogP contribution is 2.33. The van der Waals surface area contributed by atoms with Crippen molar-refractivity contribution in [3.8, 4) is 0 Å². The molecule has 1 fully saturated rings. The molecule has 1 saturated carbocycles. The van der Waals surface area contributed by atoms with Crippen LogP contribution in [-0.4, -0.2) is 48.2 Å². The highest BCUT2D eigenvalue weighted by atomic mass is 16.5. The fourth-order valence-corrected chi connectivity index (χ4v) is 2.37. The summed E-state index contributed by atoms with van der Waals surface area (Å²) in [6, 6.07) is 0. The van der Waals surface area contributed by atoms with Crippen LogP contribution >= 0.6 is 0 Å². The average Bonchev–Trinajstić information content (AvgIpc) is 2.76. The smallest absolute Gasteiger partial charge is 0.307 e. The molecule has 2 atom stereocenters. The first-order valence-electron chi connectivity index (χ1n) is 6.53. The third-order valence-corrected chi connectivity index (χ3v) is 3.40. The molecule has 0 saturated heterocycles. The number of nitrogens with zero attached hydrogens (tertiary/aromatic N) is 1. The lowest BCUT2D eigenvalue weighted by Crippen LogP contribution is -2.38. The van der Waals surface area contributed by atoms with Crippen LogP contribution in [0.4, 0.5) is 0 Å². The highest BCUT2D eigenvalue weighted by molar-refractivity contribution is 5.85. The molecule has 1 aliphatic carbocycles. The third-order valence-electron chi connectivity index (χ3n) is 3.40. The third kappa shape index (κ3) is 3.98. The summed E-state index contributed by atoms with van der Waals surface area (Å²) < 4.78 is 5.39. The molecule has 0 aromatic carbocycles. The van der Waals surface area contributed by atoms with Crippen molar-refractivity contribution in [2.45, 2.75) is 39.2 Å². The molecule has 1 N–H and O–H groups in total. The topological polar surface area (TPSA) is 66.8 Å². The SMILES string of the molecule is CC(C)OCCN(C)C(=O)[C@@H]1CCC[C@@H]1C(=O)O. The summed E-state index contributed by atoms with van der Waals surface area (Å²) in [6.45, 7) is 4.89. The lowest BCUT2D eigenvalue weighted by atomic mass is 9.95. The zero-order chi connectivity index (χ0) is 13.7. The second-order valence-corrected chi connectivity index (χ2v) is 5.16. The van der Waals surface area contributed by atoms with E-state index < -0.39 is 11.9 Å². The van der Waals surface area contributed by atoms with E-state index in [2.05, 4.69) is 0 Å². The number of ether oxygens (including phenoxy) is 1. The summed E-state index contributed by atoms with van der Waals surface area (Å²) in [4.78, 5) is 24.8. The van der Waals surface area contributed by atoms with Crippen molar-refractivity contribution < 1.29 is 19.4 Å². The Morgan fingerprint density at radius 1 is 1.33 bits per heavy atom. The first-order valence-corrected chi connectivity index (χ1v) is 6.53. The van der Waals surface area contributed by atoms with E-state index in [1.165, 1.54) is 0 Å². The van der Waals surface area contributed by atoms with Gasteiger partial charge in [-0.25, -0.2) is 0 Å². The monoisotopic (exact) mass is 257 g/mol. The van der Waals surface area contributed by atoms with Gasteiger partial charge in [0.05, 0.1) is 24.5 Å². The van der Waals surface area contributed by atoms with Crippen molar-refractivity contribution in [3.05, 3.63) is 0 Å². The van der Waals surface area contributed by atoms with Crippen molar-refractivity contribution in [1.82, 2.24) is 4.90 Å². The van der Waals surface area contributed by atoms with Gasteiger partial charge in [0.2, 0.25) is 5.91 Å². The number of carboxylic acids is 1. The highest BCUT2D eigenvalue weighted by Gasteiger charge is 2.38. The standard InChI is InChI=1S/C13H23NO4/c1-9(2)18-8-7-14(3)12(15)10-5-4-6-11(10)13(16)17/h9-11H,4-8H2,1-3H3,(H,16,17)/t10-,11+/m1/s1. The molecule has 1 rings (SSSR count). The number of carboxylic acid groups (broad SMARTS) is 1. The van der Waals surface area contributed by atoms with Crippen molar-refractivity contribution in [2.24, 2.45) is 11.8 Å². The molecular formula is C13H23NO4. The molecule has 1 amide bonds. The zero-order valence-electron chi connectivity index (χ0n) is 11.4. The summed E-state index contributed by atoms with van der Waals surface area (Å²) in [6.07, 6.45) is 2.27. The molecule has 0 aromatic heterocycles. The maximum atomic E-state index is 12.1. The minimum absolute atomic E-state index is 0.0627. The average molecular weight is 257 g/mol. The van der Waals surface area contributed by atoms with Gasteiger partial charge in [-0.3, -0.25) is 9.59 Å². The summed E-state index contributed by atoms with van der Waals surface area (Å²) in [5.74, 6) is -1.78.